The summed E-state index contributed by atoms with van der Waals surface area (Å²) in [6.45, 7) is 16.0. The molecule has 0 radical (unpaired) electrons. The van der Waals surface area contributed by atoms with E-state index in [1.807, 2.05) is 65.8 Å². The van der Waals surface area contributed by atoms with Crippen molar-refractivity contribution in [3.05, 3.63) is 71.4 Å². The summed E-state index contributed by atoms with van der Waals surface area (Å²) in [4.78, 5) is 24.2. The molecule has 1 rings (SSSR count). The van der Waals surface area contributed by atoms with Gasteiger partial charge in [-0.2, -0.15) is 0 Å². The van der Waals surface area contributed by atoms with Crippen LogP contribution < -0.4 is 0 Å². The zero-order valence-corrected chi connectivity index (χ0v) is 23.0. The Hall–Kier alpha value is -2.46. The van der Waals surface area contributed by atoms with Crippen LogP contribution >= 0.6 is 0 Å². The lowest BCUT2D eigenvalue weighted by molar-refractivity contribution is -0.141. The van der Waals surface area contributed by atoms with Crippen LogP contribution in [-0.4, -0.2) is 29.1 Å². The van der Waals surface area contributed by atoms with Gasteiger partial charge in [0, 0.05) is 24.3 Å². The lowest BCUT2D eigenvalue weighted by atomic mass is 9.83. The van der Waals surface area contributed by atoms with E-state index in [0.717, 1.165) is 24.0 Å². The van der Waals surface area contributed by atoms with Crippen LogP contribution in [0.15, 0.2) is 71.4 Å². The van der Waals surface area contributed by atoms with Crippen LogP contribution in [-0.2, 0) is 14.3 Å². The van der Waals surface area contributed by atoms with E-state index >= 15 is 0 Å². The molecule has 6 atom stereocenters. The van der Waals surface area contributed by atoms with Gasteiger partial charge in [-0.3, -0.25) is 4.79 Å². The third-order valence-corrected chi connectivity index (χ3v) is 6.54. The maximum absolute atomic E-state index is 12.9. The highest BCUT2D eigenvalue weighted by Crippen LogP contribution is 2.24. The van der Waals surface area contributed by atoms with E-state index in [1.54, 1.807) is 0 Å². The molecule has 1 heterocycles. The first-order chi connectivity index (χ1) is 16.4. The van der Waals surface area contributed by atoms with E-state index in [1.165, 1.54) is 11.6 Å². The lowest BCUT2D eigenvalue weighted by Gasteiger charge is -2.25. The Labute approximate surface area is 213 Å². The molecule has 0 spiro atoms. The lowest BCUT2D eigenvalue weighted by Crippen LogP contribution is -2.34. The Morgan fingerprint density at radius 3 is 2.40 bits per heavy atom. The summed E-state index contributed by atoms with van der Waals surface area (Å²) < 4.78 is 5.24. The predicted molar refractivity (Wildman–Crippen MR) is 146 cm³/mol. The van der Waals surface area contributed by atoms with Gasteiger partial charge in [-0.1, -0.05) is 86.9 Å². The number of hydrogen-bond donors (Lipinski definition) is 1. The molecule has 1 aliphatic rings. The first-order valence-electron chi connectivity index (χ1n) is 12.9. The molecule has 6 unspecified atom stereocenters. The summed E-state index contributed by atoms with van der Waals surface area (Å²) in [5, 5.41) is 10.7. The Bertz CT molecular complexity index is 884. The number of hydrogen-bond acceptors (Lipinski definition) is 4. The van der Waals surface area contributed by atoms with Crippen LogP contribution in [0.5, 0.6) is 0 Å². The highest BCUT2D eigenvalue weighted by molar-refractivity contribution is 5.85. The monoisotopic (exact) mass is 482 g/mol. The van der Waals surface area contributed by atoms with Gasteiger partial charge in [0.15, 0.2) is 0 Å². The van der Waals surface area contributed by atoms with Crippen molar-refractivity contribution >= 4 is 11.8 Å². The van der Waals surface area contributed by atoms with Gasteiger partial charge in [0.1, 0.15) is 11.9 Å². The Morgan fingerprint density at radius 1 is 1.11 bits per heavy atom. The summed E-state index contributed by atoms with van der Waals surface area (Å²) in [6, 6.07) is 0. The molecule has 4 heteroatoms. The number of carbonyl (C=O) groups is 2. The van der Waals surface area contributed by atoms with Crippen molar-refractivity contribution in [2.75, 3.05) is 0 Å². The smallest absolute Gasteiger partial charge is 0.331 e. The van der Waals surface area contributed by atoms with Crippen molar-refractivity contribution < 1.29 is 19.4 Å². The van der Waals surface area contributed by atoms with E-state index < -0.39 is 12.0 Å². The van der Waals surface area contributed by atoms with Crippen LogP contribution in [0.1, 0.15) is 74.7 Å². The highest BCUT2D eigenvalue weighted by atomic mass is 16.5. The fourth-order valence-corrected chi connectivity index (χ4v) is 4.31. The average Bonchev–Trinajstić information content (AvgIpc) is 2.81. The molecule has 35 heavy (non-hydrogen) atoms. The molecule has 0 aromatic carbocycles. The standard InChI is InChI=1S/C31H46O4/c1-9-21(2)19-25(6)30(33)27(8)31(34)26(7)20-23(4)13-10-12-22(3)18-24(5)16-17-28-14-11-15-29(32)35-28/h9-11,13,15-18,20,22,25-28,30,33H,12,14,19H2,1-8H3/b13-10+,17-16+,21-9+,23-20+,24-18+. The third-order valence-electron chi connectivity index (χ3n) is 6.54. The highest BCUT2D eigenvalue weighted by Gasteiger charge is 2.29. The van der Waals surface area contributed by atoms with E-state index in [4.69, 9.17) is 4.74 Å². The second kappa shape index (κ2) is 15.5. The van der Waals surface area contributed by atoms with Crippen molar-refractivity contribution in [2.24, 2.45) is 23.7 Å². The fraction of sp³-hybridized carbons (Fsp3) is 0.548. The van der Waals surface area contributed by atoms with Crippen molar-refractivity contribution in [1.82, 2.24) is 0 Å². The number of allylic oxidation sites excluding steroid dienone is 9. The summed E-state index contributed by atoms with van der Waals surface area (Å²) in [6.07, 6.45) is 19.2. The van der Waals surface area contributed by atoms with Gasteiger partial charge in [-0.05, 0) is 58.4 Å². The second-order valence-electron chi connectivity index (χ2n) is 10.2. The van der Waals surface area contributed by atoms with Gasteiger partial charge >= 0.3 is 5.97 Å². The molecule has 0 bridgehead atoms. The molecular weight excluding hydrogens is 436 g/mol. The van der Waals surface area contributed by atoms with Gasteiger partial charge in [-0.25, -0.2) is 4.79 Å². The molecule has 0 amide bonds. The molecule has 0 saturated heterocycles. The third kappa shape index (κ3) is 11.7. The molecule has 4 nitrogen and oxygen atoms in total. The van der Waals surface area contributed by atoms with E-state index in [0.29, 0.717) is 12.3 Å². The molecule has 0 aromatic heterocycles. The fourth-order valence-electron chi connectivity index (χ4n) is 4.31. The van der Waals surface area contributed by atoms with Crippen molar-refractivity contribution in [3.8, 4) is 0 Å². The number of ether oxygens (including phenoxy) is 1. The Balaban J connectivity index is 2.59. The zero-order chi connectivity index (χ0) is 26.5. The molecular formula is C31H46O4. The first-order valence-corrected chi connectivity index (χ1v) is 12.9. The quantitative estimate of drug-likeness (QED) is 0.173. The number of esters is 1. The molecule has 1 N–H and O–H groups in total. The summed E-state index contributed by atoms with van der Waals surface area (Å²) in [7, 11) is 0. The van der Waals surface area contributed by atoms with Crippen LogP contribution in [0.4, 0.5) is 0 Å². The second-order valence-corrected chi connectivity index (χ2v) is 10.2. The van der Waals surface area contributed by atoms with Gasteiger partial charge in [0.2, 0.25) is 0 Å². The molecule has 194 valence electrons. The van der Waals surface area contributed by atoms with Crippen LogP contribution in [0.25, 0.3) is 0 Å². The first kappa shape index (κ1) is 30.6. The van der Waals surface area contributed by atoms with Crippen molar-refractivity contribution in [2.45, 2.75) is 86.9 Å². The predicted octanol–water partition coefficient (Wildman–Crippen LogP) is 7.08. The summed E-state index contributed by atoms with van der Waals surface area (Å²) in [5.41, 5.74) is 3.41. The van der Waals surface area contributed by atoms with Crippen LogP contribution in [0, 0.1) is 23.7 Å². The minimum atomic E-state index is -0.643. The Morgan fingerprint density at radius 2 is 1.77 bits per heavy atom. The molecule has 0 aliphatic carbocycles. The molecule has 0 aromatic rings. The Kier molecular flexibility index (Phi) is 13.6. The van der Waals surface area contributed by atoms with E-state index in [9.17, 15) is 14.7 Å². The minimum Gasteiger partial charge on any atom is -0.455 e. The zero-order valence-electron chi connectivity index (χ0n) is 23.0. The number of aliphatic hydroxyl groups excluding tert-OH is 1. The normalized spacial score (nSPS) is 22.3. The van der Waals surface area contributed by atoms with Gasteiger partial charge in [0.05, 0.1) is 6.10 Å². The molecule has 0 saturated carbocycles. The maximum atomic E-state index is 12.9. The molecule has 1 aliphatic heterocycles. The number of Topliss-reactive ketones (excluding diaryl/α,β-unsaturated/α-hetero) is 1. The topological polar surface area (TPSA) is 63.6 Å². The number of cyclic esters (lactones) is 1. The number of ketones is 1. The van der Waals surface area contributed by atoms with Gasteiger partial charge in [0.25, 0.3) is 0 Å². The maximum Gasteiger partial charge on any atom is 0.331 e. The average molecular weight is 483 g/mol. The van der Waals surface area contributed by atoms with Crippen LogP contribution in [0.2, 0.25) is 0 Å². The minimum absolute atomic E-state index is 0.0460. The molecule has 0 fully saturated rings. The van der Waals surface area contributed by atoms with Gasteiger partial charge in [-0.15, -0.1) is 0 Å². The number of aliphatic hydroxyl groups is 1. The number of carbonyl (C=O) groups excluding carboxylic acids is 2. The summed E-state index contributed by atoms with van der Waals surface area (Å²) >= 11 is 0. The largest absolute Gasteiger partial charge is 0.455 e. The van der Waals surface area contributed by atoms with Crippen molar-refractivity contribution in [1.29, 1.82) is 0 Å². The van der Waals surface area contributed by atoms with E-state index in [-0.39, 0.29) is 29.7 Å². The number of rotatable bonds is 13. The SMILES string of the molecule is C/C=C(\C)CC(C)C(O)C(C)C(=O)C(C)/C=C(C)/C=C/CC(C)/C=C(C)/C=C/C1CC=CC(=O)O1. The van der Waals surface area contributed by atoms with Crippen LogP contribution in [0.3, 0.4) is 0 Å². The van der Waals surface area contributed by atoms with Crippen molar-refractivity contribution in [3.63, 3.8) is 0 Å². The van der Waals surface area contributed by atoms with Gasteiger partial charge < -0.3 is 9.84 Å². The summed E-state index contributed by atoms with van der Waals surface area (Å²) in [5.74, 6) is -0.448. The van der Waals surface area contributed by atoms with E-state index in [2.05, 4.69) is 38.2 Å².